The molecule has 0 aromatic heterocycles. The molecule has 2 heterocycles. The molecule has 0 radical (unpaired) electrons. The summed E-state index contributed by atoms with van der Waals surface area (Å²) in [5.41, 5.74) is 7.85. The molecule has 2 aliphatic heterocycles. The van der Waals surface area contributed by atoms with Crippen LogP contribution in [0.25, 0.3) is 23.3 Å². The van der Waals surface area contributed by atoms with E-state index in [1.54, 1.807) is 19.2 Å². The van der Waals surface area contributed by atoms with E-state index < -0.39 is 23.7 Å². The quantitative estimate of drug-likeness (QED) is 0.0556. The molecule has 5 aromatic rings. The molecule has 1 saturated carbocycles. The van der Waals surface area contributed by atoms with Crippen LogP contribution in [0.1, 0.15) is 77.0 Å². The number of methoxy groups -OCH3 is 2. The third-order valence-electron chi connectivity index (χ3n) is 14.6. The average molecular weight is 869 g/mol. The summed E-state index contributed by atoms with van der Waals surface area (Å²) >= 11 is 0. The first kappa shape index (κ1) is 42.2. The Balaban J connectivity index is 0.979. The number of aliphatic hydroxyl groups is 4. The highest BCUT2D eigenvalue weighted by Gasteiger charge is 2.50. The molecule has 7 N–H and O–H groups in total. The van der Waals surface area contributed by atoms with Crippen LogP contribution in [0.5, 0.6) is 34.5 Å². The number of hydrogen-bond acceptors (Lipinski definition) is 12. The van der Waals surface area contributed by atoms with E-state index in [2.05, 4.69) is 41.0 Å². The fourth-order valence-electron chi connectivity index (χ4n) is 11.5. The highest BCUT2D eigenvalue weighted by Crippen LogP contribution is 2.58. The first-order valence-corrected chi connectivity index (χ1v) is 22.4. The third-order valence-corrected chi connectivity index (χ3v) is 14.6. The molecule has 64 heavy (non-hydrogen) atoms. The predicted molar refractivity (Wildman–Crippen MR) is 242 cm³/mol. The van der Waals surface area contributed by atoms with Gasteiger partial charge < -0.3 is 54.5 Å². The number of phenolic OH excluding ortho intramolecular Hbond substituents is 1. The minimum Gasteiger partial charge on any atom is -0.502 e. The lowest BCUT2D eigenvalue weighted by atomic mass is 9.68. The van der Waals surface area contributed by atoms with Gasteiger partial charge in [0, 0.05) is 63.9 Å². The molecule has 7 atom stereocenters. The molecule has 12 heteroatoms. The van der Waals surface area contributed by atoms with Gasteiger partial charge >= 0.3 is 0 Å². The van der Waals surface area contributed by atoms with E-state index in [4.69, 9.17) is 23.7 Å². The fraction of sp³-hybridized carbons (Fsp3) is 0.385. The Morgan fingerprint density at radius 2 is 1.59 bits per heavy atom. The molecule has 5 aliphatic rings. The van der Waals surface area contributed by atoms with E-state index in [1.807, 2.05) is 49.4 Å². The number of aromatic hydroxyl groups is 1. The van der Waals surface area contributed by atoms with Crippen molar-refractivity contribution in [3.63, 3.8) is 0 Å². The van der Waals surface area contributed by atoms with Crippen LogP contribution < -0.4 is 44.8 Å². The van der Waals surface area contributed by atoms with Crippen molar-refractivity contribution in [3.8, 4) is 45.6 Å². The van der Waals surface area contributed by atoms with Crippen molar-refractivity contribution in [1.29, 1.82) is 0 Å². The fourth-order valence-corrected chi connectivity index (χ4v) is 11.5. The van der Waals surface area contributed by atoms with Crippen LogP contribution in [0.3, 0.4) is 0 Å². The maximum atomic E-state index is 12.5. The zero-order valence-electron chi connectivity index (χ0n) is 36.4. The van der Waals surface area contributed by atoms with Gasteiger partial charge in [0.05, 0.1) is 45.7 Å². The number of aliphatic hydroxyl groups excluding tert-OH is 4. The SMILES string of the molecule is CCNCOc1cc(OC)c2c3c1[C@H](O)Nc1cc4c(c(c1-3)CC2)[C@@H](O)[C@H](c1cc(OC)c(O)c(OC[C@@H](CO)[C@@]2(c3ccccc3)C[C@H]3C=c5c(CO)cccc5=C[C@H]3C2)c1)CO4. The van der Waals surface area contributed by atoms with Crippen LogP contribution >= 0.6 is 0 Å². The lowest BCUT2D eigenvalue weighted by molar-refractivity contribution is 0.0866. The number of hydrogen-bond donors (Lipinski definition) is 7. The van der Waals surface area contributed by atoms with Crippen molar-refractivity contribution in [2.45, 2.75) is 62.9 Å². The van der Waals surface area contributed by atoms with Crippen LogP contribution in [0.4, 0.5) is 5.69 Å². The van der Waals surface area contributed by atoms with Gasteiger partial charge in [0.25, 0.3) is 0 Å². The monoisotopic (exact) mass is 868 g/mol. The summed E-state index contributed by atoms with van der Waals surface area (Å²) in [7, 11) is 3.12. The highest BCUT2D eigenvalue weighted by atomic mass is 16.5. The molecule has 0 amide bonds. The summed E-state index contributed by atoms with van der Waals surface area (Å²) in [6, 6.07) is 23.6. The van der Waals surface area contributed by atoms with E-state index >= 15 is 0 Å². The summed E-state index contributed by atoms with van der Waals surface area (Å²) in [6.45, 7) is 3.03. The Morgan fingerprint density at radius 1 is 0.828 bits per heavy atom. The van der Waals surface area contributed by atoms with Crippen molar-refractivity contribution >= 4 is 17.8 Å². The van der Waals surface area contributed by atoms with E-state index in [0.29, 0.717) is 52.5 Å². The van der Waals surface area contributed by atoms with Crippen molar-refractivity contribution in [2.75, 3.05) is 52.6 Å². The Bertz CT molecular complexity index is 2720. The molecule has 5 aromatic carbocycles. The van der Waals surface area contributed by atoms with Crippen LogP contribution in [0.2, 0.25) is 0 Å². The summed E-state index contributed by atoms with van der Waals surface area (Å²) in [6.07, 6.45) is 5.35. The number of benzene rings is 5. The lowest BCUT2D eigenvalue weighted by Crippen LogP contribution is -2.39. The summed E-state index contributed by atoms with van der Waals surface area (Å²) in [4.78, 5) is 0. The van der Waals surface area contributed by atoms with Crippen molar-refractivity contribution in [2.24, 2.45) is 17.8 Å². The molecule has 10 rings (SSSR count). The van der Waals surface area contributed by atoms with Gasteiger partial charge in [-0.05, 0) is 88.9 Å². The predicted octanol–water partition coefficient (Wildman–Crippen LogP) is 5.47. The minimum atomic E-state index is -1.04. The van der Waals surface area contributed by atoms with Gasteiger partial charge in [-0.15, -0.1) is 0 Å². The Labute approximate surface area is 372 Å². The molecule has 1 fully saturated rings. The van der Waals surface area contributed by atoms with E-state index in [0.717, 1.165) is 63.2 Å². The smallest absolute Gasteiger partial charge is 0.200 e. The van der Waals surface area contributed by atoms with Crippen LogP contribution in [0.15, 0.2) is 72.8 Å². The second-order valence-electron chi connectivity index (χ2n) is 17.8. The Morgan fingerprint density at radius 3 is 2.34 bits per heavy atom. The van der Waals surface area contributed by atoms with Gasteiger partial charge in [0.2, 0.25) is 5.75 Å². The van der Waals surface area contributed by atoms with Gasteiger partial charge in [-0.2, -0.15) is 0 Å². The highest BCUT2D eigenvalue weighted by molar-refractivity contribution is 5.93. The molecular formula is C52H56N2O10. The molecule has 0 saturated heterocycles. The first-order valence-electron chi connectivity index (χ1n) is 22.4. The van der Waals surface area contributed by atoms with Crippen LogP contribution in [-0.4, -0.2) is 72.8 Å². The normalized spacial score (nSPS) is 23.7. The summed E-state index contributed by atoms with van der Waals surface area (Å²) in [5.74, 6) is 1.43. The van der Waals surface area contributed by atoms with Crippen LogP contribution in [-0.2, 0) is 24.9 Å². The van der Waals surface area contributed by atoms with Gasteiger partial charge in [-0.1, -0.05) is 67.6 Å². The standard InChI is InChI=1S/C52H56N2O10/c1-4-53-27-64-42-20-40(60-2)35-13-14-36-45-39(54-51(59)48(42)47(35)45)19-41-46(36)49(57)38(26-63-41)30-17-43(61-3)50(58)44(18-30)62-25-34(24-56)52(33-11-6-5-7-12-33)21-31-15-28-9-8-10-29(23-55)37(28)16-32(31)22-52/h5-12,15-20,31-32,34,38,49,51,53-59H,4,13-14,21-27H2,1-3H3/t31-,32+,34+,38-,49-,51-,52+/m0/s1. The molecule has 3 aliphatic carbocycles. The molecule has 334 valence electrons. The first-order chi connectivity index (χ1) is 31.2. The number of ether oxygens (including phenoxy) is 5. The summed E-state index contributed by atoms with van der Waals surface area (Å²) in [5, 5.41) is 65.6. The number of fused-ring (bicyclic) bond motifs is 4. The largest absolute Gasteiger partial charge is 0.502 e. The lowest BCUT2D eigenvalue weighted by Gasteiger charge is -2.39. The molecule has 12 nitrogen and oxygen atoms in total. The maximum Gasteiger partial charge on any atom is 0.200 e. The van der Waals surface area contributed by atoms with Crippen LogP contribution in [0, 0.1) is 17.8 Å². The van der Waals surface area contributed by atoms with Crippen molar-refractivity contribution in [3.05, 3.63) is 122 Å². The zero-order chi connectivity index (χ0) is 44.3. The second-order valence-corrected chi connectivity index (χ2v) is 17.8. The van der Waals surface area contributed by atoms with E-state index in [1.165, 1.54) is 7.11 Å². The number of anilines is 1. The van der Waals surface area contributed by atoms with Gasteiger partial charge in [-0.3, -0.25) is 5.32 Å². The second kappa shape index (κ2) is 17.0. The summed E-state index contributed by atoms with van der Waals surface area (Å²) < 4.78 is 30.8. The zero-order valence-corrected chi connectivity index (χ0v) is 36.4. The van der Waals surface area contributed by atoms with Gasteiger partial charge in [0.1, 0.15) is 24.0 Å². The van der Waals surface area contributed by atoms with Gasteiger partial charge in [-0.25, -0.2) is 0 Å². The Kier molecular flexibility index (Phi) is 11.2. The topological polar surface area (TPSA) is 171 Å². The van der Waals surface area contributed by atoms with E-state index in [9.17, 15) is 25.5 Å². The number of phenols is 1. The van der Waals surface area contributed by atoms with Crippen molar-refractivity contribution < 1.29 is 49.2 Å². The molecule has 0 unspecified atom stereocenters. The molecule has 0 spiro atoms. The Hall–Kier alpha value is -5.76. The third kappa shape index (κ3) is 6.85. The maximum absolute atomic E-state index is 12.5. The van der Waals surface area contributed by atoms with Crippen molar-refractivity contribution in [1.82, 2.24) is 5.32 Å². The molecular weight excluding hydrogens is 813 g/mol. The number of nitrogens with one attached hydrogen (secondary N) is 2. The minimum absolute atomic E-state index is 0.0326. The van der Waals surface area contributed by atoms with Gasteiger partial charge in [0.15, 0.2) is 17.7 Å². The molecule has 0 bridgehead atoms. The number of rotatable bonds is 14. The van der Waals surface area contributed by atoms with E-state index in [-0.39, 0.29) is 68.2 Å². The average Bonchev–Trinajstić information content (AvgIpc) is 3.70.